The minimum atomic E-state index is -0.682. The second-order valence-electron chi connectivity index (χ2n) is 5.71. The van der Waals surface area contributed by atoms with Gasteiger partial charge >= 0.3 is 0 Å². The SMILES string of the molecule is CCCC1(O)CN(C(=O)CSCC(=O)N2CCOCC2)C1. The van der Waals surface area contributed by atoms with Crippen molar-refractivity contribution in [1.82, 2.24) is 9.80 Å². The highest BCUT2D eigenvalue weighted by Gasteiger charge is 2.42. The van der Waals surface area contributed by atoms with E-state index in [0.717, 1.165) is 12.8 Å². The Kier molecular flexibility index (Phi) is 5.89. The minimum Gasteiger partial charge on any atom is -0.386 e. The third-order valence-electron chi connectivity index (χ3n) is 3.85. The number of aliphatic hydroxyl groups is 1. The van der Waals surface area contributed by atoms with Crippen LogP contribution in [0.3, 0.4) is 0 Å². The van der Waals surface area contributed by atoms with Gasteiger partial charge in [0.2, 0.25) is 11.8 Å². The molecule has 0 radical (unpaired) electrons. The van der Waals surface area contributed by atoms with Crippen LogP contribution in [0.1, 0.15) is 19.8 Å². The van der Waals surface area contributed by atoms with Crippen molar-refractivity contribution in [1.29, 1.82) is 0 Å². The Morgan fingerprint density at radius 3 is 2.29 bits per heavy atom. The highest BCUT2D eigenvalue weighted by molar-refractivity contribution is 8.00. The van der Waals surface area contributed by atoms with Crippen molar-refractivity contribution in [3.05, 3.63) is 0 Å². The van der Waals surface area contributed by atoms with Gasteiger partial charge in [-0.1, -0.05) is 13.3 Å². The Labute approximate surface area is 129 Å². The Morgan fingerprint density at radius 1 is 1.14 bits per heavy atom. The zero-order valence-electron chi connectivity index (χ0n) is 12.5. The first-order valence-electron chi connectivity index (χ1n) is 7.47. The van der Waals surface area contributed by atoms with E-state index < -0.39 is 5.60 Å². The van der Waals surface area contributed by atoms with Gasteiger partial charge in [-0.3, -0.25) is 9.59 Å². The highest BCUT2D eigenvalue weighted by atomic mass is 32.2. The van der Waals surface area contributed by atoms with E-state index in [0.29, 0.717) is 50.9 Å². The molecular formula is C14H24N2O4S. The lowest BCUT2D eigenvalue weighted by molar-refractivity contribution is -0.153. The van der Waals surface area contributed by atoms with Crippen LogP contribution in [0.2, 0.25) is 0 Å². The van der Waals surface area contributed by atoms with Gasteiger partial charge in [-0.2, -0.15) is 0 Å². The molecule has 0 spiro atoms. The molecule has 7 heteroatoms. The molecule has 0 aromatic rings. The van der Waals surface area contributed by atoms with Crippen molar-refractivity contribution in [2.24, 2.45) is 0 Å². The van der Waals surface area contributed by atoms with E-state index >= 15 is 0 Å². The maximum absolute atomic E-state index is 11.9. The molecule has 0 atom stereocenters. The number of thioether (sulfide) groups is 1. The number of nitrogens with zero attached hydrogens (tertiary/aromatic N) is 2. The molecule has 21 heavy (non-hydrogen) atoms. The molecule has 0 aromatic heterocycles. The van der Waals surface area contributed by atoms with Crippen LogP contribution < -0.4 is 0 Å². The first kappa shape index (κ1) is 16.6. The molecule has 2 amide bonds. The summed E-state index contributed by atoms with van der Waals surface area (Å²) in [6.45, 7) is 5.36. The molecule has 0 aromatic carbocycles. The first-order chi connectivity index (χ1) is 10.0. The topological polar surface area (TPSA) is 70.1 Å². The maximum atomic E-state index is 11.9. The molecular weight excluding hydrogens is 292 g/mol. The van der Waals surface area contributed by atoms with E-state index in [4.69, 9.17) is 4.74 Å². The van der Waals surface area contributed by atoms with Crippen molar-refractivity contribution in [2.75, 3.05) is 50.9 Å². The van der Waals surface area contributed by atoms with Gasteiger partial charge < -0.3 is 19.6 Å². The van der Waals surface area contributed by atoms with Gasteiger partial charge in [0.15, 0.2) is 0 Å². The highest BCUT2D eigenvalue weighted by Crippen LogP contribution is 2.26. The van der Waals surface area contributed by atoms with Gasteiger partial charge in [-0.05, 0) is 6.42 Å². The molecule has 2 aliphatic rings. The van der Waals surface area contributed by atoms with E-state index in [9.17, 15) is 14.7 Å². The van der Waals surface area contributed by atoms with Crippen LogP contribution in [0, 0.1) is 0 Å². The van der Waals surface area contributed by atoms with Gasteiger partial charge in [0.05, 0.1) is 43.4 Å². The molecule has 2 rings (SSSR count). The largest absolute Gasteiger partial charge is 0.386 e. The Bertz CT molecular complexity index is 379. The summed E-state index contributed by atoms with van der Waals surface area (Å²) < 4.78 is 5.20. The smallest absolute Gasteiger partial charge is 0.232 e. The lowest BCUT2D eigenvalue weighted by Gasteiger charge is -2.46. The molecule has 1 N–H and O–H groups in total. The van der Waals surface area contributed by atoms with Crippen molar-refractivity contribution in [3.63, 3.8) is 0 Å². The maximum Gasteiger partial charge on any atom is 0.232 e. The van der Waals surface area contributed by atoms with Crippen molar-refractivity contribution in [3.8, 4) is 0 Å². The van der Waals surface area contributed by atoms with Crippen LogP contribution in [0.5, 0.6) is 0 Å². The second kappa shape index (κ2) is 7.47. The molecule has 2 heterocycles. The van der Waals surface area contributed by atoms with Crippen molar-refractivity contribution in [2.45, 2.75) is 25.4 Å². The third-order valence-corrected chi connectivity index (χ3v) is 4.76. The monoisotopic (exact) mass is 316 g/mol. The summed E-state index contributed by atoms with van der Waals surface area (Å²) in [5.41, 5.74) is -0.682. The minimum absolute atomic E-state index is 0.00977. The van der Waals surface area contributed by atoms with Gasteiger partial charge in [-0.25, -0.2) is 0 Å². The van der Waals surface area contributed by atoms with Crippen LogP contribution >= 0.6 is 11.8 Å². The average molecular weight is 316 g/mol. The molecule has 0 saturated carbocycles. The quantitative estimate of drug-likeness (QED) is 0.744. The lowest BCUT2D eigenvalue weighted by atomic mass is 9.89. The lowest BCUT2D eigenvalue weighted by Crippen LogP contribution is -2.63. The second-order valence-corrected chi connectivity index (χ2v) is 6.70. The van der Waals surface area contributed by atoms with Gasteiger partial charge in [0, 0.05) is 13.1 Å². The number of morpholine rings is 1. The number of ether oxygens (including phenoxy) is 1. The number of carbonyl (C=O) groups excluding carboxylic acids is 2. The summed E-state index contributed by atoms with van der Waals surface area (Å²) in [5, 5.41) is 10.0. The van der Waals surface area contributed by atoms with Crippen LogP contribution in [0.15, 0.2) is 0 Å². The summed E-state index contributed by atoms with van der Waals surface area (Å²) in [6, 6.07) is 0. The molecule has 0 unspecified atom stereocenters. The van der Waals surface area contributed by atoms with Crippen molar-refractivity contribution >= 4 is 23.6 Å². The predicted octanol–water partition coefficient (Wildman–Crippen LogP) is -0.0482. The van der Waals surface area contributed by atoms with E-state index in [1.165, 1.54) is 11.8 Å². The third kappa shape index (κ3) is 4.59. The number of likely N-dealkylation sites (tertiary alicyclic amines) is 1. The standard InChI is InChI=1S/C14H24N2O4S/c1-2-3-14(19)10-16(11-14)13(18)9-21-8-12(17)15-4-6-20-7-5-15/h19H,2-11H2,1H3. The summed E-state index contributed by atoms with van der Waals surface area (Å²) >= 11 is 1.35. The summed E-state index contributed by atoms with van der Waals surface area (Å²) in [5.74, 6) is 0.717. The fourth-order valence-corrected chi connectivity index (χ4v) is 3.50. The summed E-state index contributed by atoms with van der Waals surface area (Å²) in [6.07, 6.45) is 1.65. The molecule has 2 saturated heterocycles. The van der Waals surface area contributed by atoms with Gasteiger partial charge in [0.1, 0.15) is 0 Å². The number of hydrogen-bond acceptors (Lipinski definition) is 5. The molecule has 2 fully saturated rings. The zero-order valence-corrected chi connectivity index (χ0v) is 13.4. The average Bonchev–Trinajstić information content (AvgIpc) is 2.45. The number of rotatable bonds is 6. The predicted molar refractivity (Wildman–Crippen MR) is 81.2 cm³/mol. The van der Waals surface area contributed by atoms with Crippen molar-refractivity contribution < 1.29 is 19.4 Å². The molecule has 0 aliphatic carbocycles. The fraction of sp³-hybridized carbons (Fsp3) is 0.857. The summed E-state index contributed by atoms with van der Waals surface area (Å²) in [4.78, 5) is 27.3. The van der Waals surface area contributed by atoms with E-state index in [2.05, 4.69) is 0 Å². The van der Waals surface area contributed by atoms with Gasteiger partial charge in [0.25, 0.3) is 0 Å². The Morgan fingerprint density at radius 2 is 1.71 bits per heavy atom. The van der Waals surface area contributed by atoms with Crippen LogP contribution in [-0.4, -0.2) is 83.2 Å². The number of hydrogen-bond donors (Lipinski definition) is 1. The molecule has 120 valence electrons. The summed E-state index contributed by atoms with van der Waals surface area (Å²) in [7, 11) is 0. The molecule has 6 nitrogen and oxygen atoms in total. The van der Waals surface area contributed by atoms with Crippen LogP contribution in [0.25, 0.3) is 0 Å². The number of carbonyl (C=O) groups is 2. The van der Waals surface area contributed by atoms with Gasteiger partial charge in [-0.15, -0.1) is 11.8 Å². The van der Waals surface area contributed by atoms with E-state index in [1.54, 1.807) is 9.80 Å². The Hall–Kier alpha value is -0.790. The van der Waals surface area contributed by atoms with Crippen LogP contribution in [0.4, 0.5) is 0 Å². The van der Waals surface area contributed by atoms with E-state index in [1.807, 2.05) is 6.92 Å². The zero-order chi connectivity index (χ0) is 15.3. The number of amides is 2. The van der Waals surface area contributed by atoms with Crippen LogP contribution in [-0.2, 0) is 14.3 Å². The van der Waals surface area contributed by atoms with E-state index in [-0.39, 0.29) is 11.8 Å². The fourth-order valence-electron chi connectivity index (χ4n) is 2.69. The normalized spacial score (nSPS) is 21.0. The first-order valence-corrected chi connectivity index (χ1v) is 8.63. The number of β-amino-alcohol motifs (C(OH)–C–C–N with tert-alkyl or cyclic N) is 1. The Balaban J connectivity index is 1.60. The molecule has 0 bridgehead atoms. The molecule has 2 aliphatic heterocycles.